The van der Waals surface area contributed by atoms with Crippen LogP contribution < -0.4 is 4.74 Å². The van der Waals surface area contributed by atoms with Gasteiger partial charge in [0.2, 0.25) is 0 Å². The average molecular weight is 189 g/mol. The Morgan fingerprint density at radius 2 is 1.79 bits per heavy atom. The van der Waals surface area contributed by atoms with Gasteiger partial charge in [-0.25, -0.2) is 0 Å². The molecule has 0 N–H and O–H groups in total. The second kappa shape index (κ2) is 4.15. The van der Waals surface area contributed by atoms with E-state index in [9.17, 15) is 0 Å². The number of rotatable bonds is 2. The Bertz CT molecular complexity index is 327. The van der Waals surface area contributed by atoms with Crippen LogP contribution in [0.5, 0.6) is 5.75 Å². The van der Waals surface area contributed by atoms with Crippen molar-refractivity contribution in [3.8, 4) is 11.8 Å². The van der Waals surface area contributed by atoms with Crippen LogP contribution in [0.25, 0.3) is 0 Å². The molecule has 0 aromatic heterocycles. The van der Waals surface area contributed by atoms with Crippen molar-refractivity contribution in [3.05, 3.63) is 29.8 Å². The summed E-state index contributed by atoms with van der Waals surface area (Å²) in [7, 11) is 0. The van der Waals surface area contributed by atoms with Crippen molar-refractivity contribution < 1.29 is 4.74 Å². The predicted molar refractivity (Wildman–Crippen MR) is 56.3 cm³/mol. The van der Waals surface area contributed by atoms with Gasteiger partial charge in [0.25, 0.3) is 0 Å². The van der Waals surface area contributed by atoms with Crippen LogP contribution in [0.1, 0.15) is 26.3 Å². The Morgan fingerprint density at radius 1 is 1.21 bits per heavy atom. The smallest absolute Gasteiger partial charge is 0.174 e. The van der Waals surface area contributed by atoms with Crippen LogP contribution in [0.4, 0.5) is 0 Å². The molecule has 2 heteroatoms. The third-order valence-electron chi connectivity index (χ3n) is 2.02. The summed E-state index contributed by atoms with van der Waals surface area (Å²) >= 11 is 0. The minimum atomic E-state index is 0.106. The third-order valence-corrected chi connectivity index (χ3v) is 2.02. The zero-order valence-corrected chi connectivity index (χ0v) is 8.87. The predicted octanol–water partition coefficient (Wildman–Crippen LogP) is 2.89. The summed E-state index contributed by atoms with van der Waals surface area (Å²) in [4.78, 5) is 0. The highest BCUT2D eigenvalue weighted by atomic mass is 16.5. The quantitative estimate of drug-likeness (QED) is 0.716. The summed E-state index contributed by atoms with van der Waals surface area (Å²) < 4.78 is 5.16. The van der Waals surface area contributed by atoms with E-state index in [-0.39, 0.29) is 12.0 Å². The van der Waals surface area contributed by atoms with Gasteiger partial charge in [-0.2, -0.15) is 5.26 Å². The molecule has 0 saturated carbocycles. The molecule has 0 unspecified atom stereocenters. The van der Waals surface area contributed by atoms with Crippen LogP contribution >= 0.6 is 0 Å². The van der Waals surface area contributed by atoms with Crippen LogP contribution in [0, 0.1) is 11.3 Å². The maximum atomic E-state index is 8.34. The van der Waals surface area contributed by atoms with E-state index in [0.717, 1.165) is 5.75 Å². The molecular weight excluding hydrogens is 174 g/mol. The van der Waals surface area contributed by atoms with Gasteiger partial charge < -0.3 is 4.74 Å². The van der Waals surface area contributed by atoms with E-state index in [2.05, 4.69) is 20.8 Å². The van der Waals surface area contributed by atoms with Crippen molar-refractivity contribution in [1.82, 2.24) is 0 Å². The van der Waals surface area contributed by atoms with E-state index in [1.165, 1.54) is 5.56 Å². The van der Waals surface area contributed by atoms with Gasteiger partial charge in [-0.1, -0.05) is 32.9 Å². The number of nitrogens with zero attached hydrogens (tertiary/aromatic N) is 1. The van der Waals surface area contributed by atoms with Crippen molar-refractivity contribution in [2.24, 2.45) is 0 Å². The molecule has 0 aliphatic rings. The van der Waals surface area contributed by atoms with Gasteiger partial charge in [0.1, 0.15) is 11.8 Å². The summed E-state index contributed by atoms with van der Waals surface area (Å²) in [6.07, 6.45) is 0. The molecule has 0 radical (unpaired) electrons. The van der Waals surface area contributed by atoms with Gasteiger partial charge >= 0.3 is 0 Å². The molecular formula is C12H15NO. The number of hydrogen-bond donors (Lipinski definition) is 0. The first-order valence-corrected chi connectivity index (χ1v) is 4.64. The van der Waals surface area contributed by atoms with Crippen LogP contribution in [-0.4, -0.2) is 6.61 Å². The van der Waals surface area contributed by atoms with Gasteiger partial charge in [-0.15, -0.1) is 0 Å². The lowest BCUT2D eigenvalue weighted by atomic mass is 9.87. The molecule has 0 aliphatic heterocycles. The molecule has 1 aromatic rings. The van der Waals surface area contributed by atoms with E-state index in [1.807, 2.05) is 30.3 Å². The molecule has 0 heterocycles. The topological polar surface area (TPSA) is 33.0 Å². The second-order valence-corrected chi connectivity index (χ2v) is 4.22. The molecule has 0 spiro atoms. The van der Waals surface area contributed by atoms with Gasteiger partial charge in [0.15, 0.2) is 6.61 Å². The number of ether oxygens (including phenoxy) is 1. The van der Waals surface area contributed by atoms with Crippen LogP contribution in [0.3, 0.4) is 0 Å². The fraction of sp³-hybridized carbons (Fsp3) is 0.417. The maximum absolute atomic E-state index is 8.34. The Kier molecular flexibility index (Phi) is 3.14. The molecule has 0 aliphatic carbocycles. The third kappa shape index (κ3) is 2.77. The lowest BCUT2D eigenvalue weighted by Gasteiger charge is -2.18. The van der Waals surface area contributed by atoms with Crippen molar-refractivity contribution in [2.75, 3.05) is 6.61 Å². The summed E-state index contributed by atoms with van der Waals surface area (Å²) in [5, 5.41) is 8.34. The summed E-state index contributed by atoms with van der Waals surface area (Å²) in [5.74, 6) is 0.750. The number of nitriles is 1. The molecule has 0 saturated heterocycles. The van der Waals surface area contributed by atoms with Crippen molar-refractivity contribution in [1.29, 1.82) is 5.26 Å². The van der Waals surface area contributed by atoms with E-state index >= 15 is 0 Å². The van der Waals surface area contributed by atoms with Crippen LogP contribution in [-0.2, 0) is 5.41 Å². The zero-order chi connectivity index (χ0) is 10.6. The summed E-state index contributed by atoms with van der Waals surface area (Å²) in [6, 6.07) is 9.81. The van der Waals surface area contributed by atoms with E-state index in [0.29, 0.717) is 0 Å². The first-order valence-electron chi connectivity index (χ1n) is 4.64. The molecule has 0 bridgehead atoms. The molecule has 14 heavy (non-hydrogen) atoms. The van der Waals surface area contributed by atoms with Gasteiger partial charge in [-0.05, 0) is 23.1 Å². The van der Waals surface area contributed by atoms with E-state index < -0.39 is 0 Å². The Labute approximate surface area is 85.1 Å². The van der Waals surface area contributed by atoms with Crippen molar-refractivity contribution in [2.45, 2.75) is 26.2 Å². The van der Waals surface area contributed by atoms with Crippen LogP contribution in [0.15, 0.2) is 24.3 Å². The fourth-order valence-electron chi connectivity index (χ4n) is 1.17. The second-order valence-electron chi connectivity index (χ2n) is 4.22. The molecule has 2 nitrogen and oxygen atoms in total. The van der Waals surface area contributed by atoms with Gasteiger partial charge in [-0.3, -0.25) is 0 Å². The maximum Gasteiger partial charge on any atom is 0.174 e. The minimum Gasteiger partial charge on any atom is -0.479 e. The zero-order valence-electron chi connectivity index (χ0n) is 8.87. The highest BCUT2D eigenvalue weighted by Crippen LogP contribution is 2.24. The van der Waals surface area contributed by atoms with Crippen molar-refractivity contribution >= 4 is 0 Å². The molecule has 1 rings (SSSR count). The standard InChI is InChI=1S/C12H15NO/c1-12(2,3)10-4-6-11(7-5-10)14-9-8-13/h4-7H,9H2,1-3H3. The summed E-state index contributed by atoms with van der Waals surface area (Å²) in [6.45, 7) is 6.60. The van der Waals surface area contributed by atoms with E-state index in [1.54, 1.807) is 0 Å². The van der Waals surface area contributed by atoms with Gasteiger partial charge in [0, 0.05) is 0 Å². The number of benzene rings is 1. The SMILES string of the molecule is CC(C)(C)c1ccc(OCC#N)cc1. The number of hydrogen-bond acceptors (Lipinski definition) is 2. The lowest BCUT2D eigenvalue weighted by Crippen LogP contribution is -2.10. The molecule has 1 aromatic carbocycles. The largest absolute Gasteiger partial charge is 0.479 e. The minimum absolute atomic E-state index is 0.106. The monoisotopic (exact) mass is 189 g/mol. The van der Waals surface area contributed by atoms with Crippen LogP contribution in [0.2, 0.25) is 0 Å². The van der Waals surface area contributed by atoms with E-state index in [4.69, 9.17) is 10.00 Å². The highest BCUT2D eigenvalue weighted by molar-refractivity contribution is 5.31. The average Bonchev–Trinajstić information content (AvgIpc) is 2.14. The summed E-state index contributed by atoms with van der Waals surface area (Å²) in [5.41, 5.74) is 1.43. The first kappa shape index (κ1) is 10.6. The Balaban J connectivity index is 2.75. The first-order chi connectivity index (χ1) is 6.54. The Morgan fingerprint density at radius 3 is 2.21 bits per heavy atom. The molecule has 0 fully saturated rings. The Hall–Kier alpha value is -1.49. The molecule has 0 atom stereocenters. The highest BCUT2D eigenvalue weighted by Gasteiger charge is 2.12. The molecule has 74 valence electrons. The normalized spacial score (nSPS) is 10.7. The van der Waals surface area contributed by atoms with Gasteiger partial charge in [0.05, 0.1) is 0 Å². The lowest BCUT2D eigenvalue weighted by molar-refractivity contribution is 0.368. The van der Waals surface area contributed by atoms with Crippen molar-refractivity contribution in [3.63, 3.8) is 0 Å². The fourth-order valence-corrected chi connectivity index (χ4v) is 1.17. The molecule has 0 amide bonds.